The molecule has 2 aromatic carbocycles. The second-order valence-electron chi connectivity index (χ2n) is 8.88. The van der Waals surface area contributed by atoms with Crippen LogP contribution in [0.3, 0.4) is 0 Å². The third-order valence-electron chi connectivity index (χ3n) is 6.58. The molecule has 2 unspecified atom stereocenters. The van der Waals surface area contributed by atoms with Gasteiger partial charge in [-0.2, -0.15) is 0 Å². The van der Waals surface area contributed by atoms with E-state index in [9.17, 15) is 29.3 Å². The van der Waals surface area contributed by atoms with E-state index < -0.39 is 39.7 Å². The number of para-hydroxylation sites is 1. The molecule has 2 aliphatic heterocycles. The maximum absolute atomic E-state index is 13.7. The number of nitrogens with one attached hydrogen (secondary N) is 1. The van der Waals surface area contributed by atoms with Crippen LogP contribution in [0, 0.1) is 16.0 Å². The first-order valence-corrected chi connectivity index (χ1v) is 13.4. The van der Waals surface area contributed by atoms with Crippen LogP contribution in [0.1, 0.15) is 16.6 Å². The molecule has 3 amide bonds. The maximum Gasteiger partial charge on any atom is 0.308 e. The van der Waals surface area contributed by atoms with Crippen LogP contribution in [0.4, 0.5) is 17.1 Å². The zero-order chi connectivity index (χ0) is 27.3. The molecule has 196 valence electrons. The Kier molecular flexibility index (Phi) is 6.16. The molecule has 2 aliphatic rings. The van der Waals surface area contributed by atoms with Crippen molar-refractivity contribution >= 4 is 57.9 Å². The Balaban J connectivity index is 1.38. The van der Waals surface area contributed by atoms with Gasteiger partial charge in [-0.3, -0.25) is 33.9 Å². The number of anilines is 2. The van der Waals surface area contributed by atoms with E-state index in [1.807, 2.05) is 6.07 Å². The van der Waals surface area contributed by atoms with Gasteiger partial charge >= 0.3 is 4.87 Å². The number of hydrogen-bond donors (Lipinski definition) is 1. The number of carbonyl (C=O) groups is 3. The van der Waals surface area contributed by atoms with E-state index >= 15 is 0 Å². The Hall–Kier alpha value is -4.49. The molecular formula is C26H18N4O7S2. The van der Waals surface area contributed by atoms with Gasteiger partial charge in [0.25, 0.3) is 5.69 Å². The fraction of sp³-hybridized carbons (Fsp3) is 0.154. The highest BCUT2D eigenvalue weighted by Crippen LogP contribution is 2.54. The lowest BCUT2D eigenvalue weighted by Crippen LogP contribution is -2.32. The summed E-state index contributed by atoms with van der Waals surface area (Å²) in [5.41, 5.74) is 0.626. The fourth-order valence-corrected chi connectivity index (χ4v) is 7.63. The number of non-ortho nitro benzene ring substituents is 1. The minimum Gasteiger partial charge on any atom is -0.469 e. The summed E-state index contributed by atoms with van der Waals surface area (Å²) >= 11 is 1.99. The molecule has 0 radical (unpaired) electrons. The number of nitrogens with zero attached hydrogens (tertiary/aromatic N) is 3. The Morgan fingerprint density at radius 1 is 1.00 bits per heavy atom. The van der Waals surface area contributed by atoms with Crippen molar-refractivity contribution in [1.29, 1.82) is 0 Å². The fourth-order valence-electron chi connectivity index (χ4n) is 4.87. The lowest BCUT2D eigenvalue weighted by atomic mass is 9.87. The third kappa shape index (κ3) is 4.25. The summed E-state index contributed by atoms with van der Waals surface area (Å²) < 4.78 is 6.98. The SMILES string of the molecule is O=C(Cn1c2c(sc1=O)[C@H](c1ccco1)C1C(=O)N(c3ccc([N+](=O)[O-])cc3)C(=O)C1S2)Nc1ccccc1. The van der Waals surface area contributed by atoms with Crippen molar-refractivity contribution in [2.45, 2.75) is 22.7 Å². The van der Waals surface area contributed by atoms with Gasteiger partial charge in [-0.05, 0) is 36.4 Å². The molecule has 4 aromatic rings. The lowest BCUT2D eigenvalue weighted by molar-refractivity contribution is -0.384. The monoisotopic (exact) mass is 562 g/mol. The molecule has 13 heteroatoms. The van der Waals surface area contributed by atoms with Gasteiger partial charge in [0, 0.05) is 17.8 Å². The Labute approximate surface area is 228 Å². The van der Waals surface area contributed by atoms with Crippen molar-refractivity contribution in [3.63, 3.8) is 0 Å². The number of hydrogen-bond acceptors (Lipinski definition) is 9. The predicted octanol–water partition coefficient (Wildman–Crippen LogP) is 3.85. The largest absolute Gasteiger partial charge is 0.469 e. The maximum atomic E-state index is 13.7. The van der Waals surface area contributed by atoms with Gasteiger partial charge < -0.3 is 9.73 Å². The van der Waals surface area contributed by atoms with Gasteiger partial charge in [-0.15, -0.1) is 0 Å². The average Bonchev–Trinajstić information content (AvgIpc) is 3.62. The summed E-state index contributed by atoms with van der Waals surface area (Å²) in [7, 11) is 0. The number of nitro benzene ring substituents is 1. The molecular weight excluding hydrogens is 544 g/mol. The van der Waals surface area contributed by atoms with Crippen molar-refractivity contribution in [2.75, 3.05) is 10.2 Å². The van der Waals surface area contributed by atoms with Gasteiger partial charge in [0.1, 0.15) is 17.6 Å². The number of nitro groups is 1. The highest BCUT2D eigenvalue weighted by molar-refractivity contribution is 8.00. The number of fused-ring (bicyclic) bond motifs is 2. The molecule has 6 rings (SSSR count). The quantitative estimate of drug-likeness (QED) is 0.212. The smallest absolute Gasteiger partial charge is 0.308 e. The molecule has 0 saturated carbocycles. The zero-order valence-electron chi connectivity index (χ0n) is 19.9. The molecule has 4 heterocycles. The molecule has 1 N–H and O–H groups in total. The van der Waals surface area contributed by atoms with Crippen molar-refractivity contribution < 1.29 is 23.7 Å². The number of carbonyl (C=O) groups excluding carboxylic acids is 3. The number of amides is 3. The minimum absolute atomic E-state index is 0.168. The molecule has 0 spiro atoms. The minimum atomic E-state index is -0.896. The number of thiazole rings is 1. The molecule has 1 fully saturated rings. The Bertz CT molecular complexity index is 1660. The summed E-state index contributed by atoms with van der Waals surface area (Å²) in [6.07, 6.45) is 1.45. The molecule has 2 aromatic heterocycles. The van der Waals surface area contributed by atoms with E-state index in [0.717, 1.165) is 28.0 Å². The summed E-state index contributed by atoms with van der Waals surface area (Å²) in [5, 5.41) is 13.4. The van der Waals surface area contributed by atoms with Crippen LogP contribution >= 0.6 is 23.1 Å². The normalized spacial score (nSPS) is 20.0. The van der Waals surface area contributed by atoms with E-state index in [1.54, 1.807) is 36.4 Å². The first-order valence-electron chi connectivity index (χ1n) is 11.7. The predicted molar refractivity (Wildman–Crippen MR) is 143 cm³/mol. The number of benzene rings is 2. The summed E-state index contributed by atoms with van der Waals surface area (Å²) in [5.74, 6) is -2.60. The molecule has 3 atom stereocenters. The zero-order valence-corrected chi connectivity index (χ0v) is 21.5. The van der Waals surface area contributed by atoms with Gasteiger partial charge in [0.05, 0.1) is 38.6 Å². The van der Waals surface area contributed by atoms with Gasteiger partial charge in [-0.25, -0.2) is 4.90 Å². The van der Waals surface area contributed by atoms with E-state index in [-0.39, 0.29) is 22.8 Å². The molecule has 39 heavy (non-hydrogen) atoms. The van der Waals surface area contributed by atoms with Gasteiger partial charge in [-0.1, -0.05) is 41.3 Å². The topological polar surface area (TPSA) is 145 Å². The van der Waals surface area contributed by atoms with Crippen LogP contribution in [0.5, 0.6) is 0 Å². The van der Waals surface area contributed by atoms with Crippen LogP contribution in [0.25, 0.3) is 0 Å². The Morgan fingerprint density at radius 3 is 2.41 bits per heavy atom. The standard InChI is InChI=1S/C26H18N4O7S2/c31-18(27-14-5-2-1-3-6-14)13-28-25-22(39-26(28)34)19(17-7-4-12-37-17)20-21(38-25)24(33)29(23(20)32)15-8-10-16(11-9-15)30(35)36/h1-12,19-21H,13H2,(H,27,31)/t19-,20?,21?/m1/s1. The van der Waals surface area contributed by atoms with Crippen LogP contribution in [-0.2, 0) is 20.9 Å². The van der Waals surface area contributed by atoms with E-state index in [2.05, 4.69) is 5.32 Å². The second kappa shape index (κ2) is 9.67. The molecule has 0 bridgehead atoms. The highest BCUT2D eigenvalue weighted by Gasteiger charge is 2.57. The second-order valence-corrected chi connectivity index (χ2v) is 11.0. The summed E-state index contributed by atoms with van der Waals surface area (Å²) in [6.45, 7) is -0.275. The van der Waals surface area contributed by atoms with Crippen LogP contribution in [0.2, 0.25) is 0 Å². The van der Waals surface area contributed by atoms with E-state index in [1.165, 1.54) is 35.1 Å². The van der Waals surface area contributed by atoms with Crippen molar-refractivity contribution in [3.8, 4) is 0 Å². The van der Waals surface area contributed by atoms with Crippen molar-refractivity contribution in [1.82, 2.24) is 4.57 Å². The van der Waals surface area contributed by atoms with E-state index in [0.29, 0.717) is 21.4 Å². The molecule has 1 saturated heterocycles. The van der Waals surface area contributed by atoms with Gasteiger partial charge in [0.2, 0.25) is 17.7 Å². The average molecular weight is 563 g/mol. The third-order valence-corrected chi connectivity index (χ3v) is 9.18. The van der Waals surface area contributed by atoms with Crippen molar-refractivity contribution in [3.05, 3.63) is 103 Å². The number of rotatable bonds is 6. The van der Waals surface area contributed by atoms with E-state index in [4.69, 9.17) is 4.42 Å². The van der Waals surface area contributed by atoms with Gasteiger partial charge in [0.15, 0.2) is 0 Å². The highest BCUT2D eigenvalue weighted by atomic mass is 32.2. The van der Waals surface area contributed by atoms with Crippen molar-refractivity contribution in [2.24, 2.45) is 5.92 Å². The lowest BCUT2D eigenvalue weighted by Gasteiger charge is -2.29. The number of aromatic nitrogens is 1. The summed E-state index contributed by atoms with van der Waals surface area (Å²) in [4.78, 5) is 64.9. The number of furan rings is 1. The summed E-state index contributed by atoms with van der Waals surface area (Å²) in [6, 6.07) is 17.3. The number of imide groups is 1. The van der Waals surface area contributed by atoms with Crippen LogP contribution in [-0.4, -0.2) is 32.5 Å². The first kappa shape index (κ1) is 24.8. The first-order chi connectivity index (χ1) is 18.8. The molecule has 11 nitrogen and oxygen atoms in total. The Morgan fingerprint density at radius 2 is 1.74 bits per heavy atom. The number of thioether (sulfide) groups is 1. The van der Waals surface area contributed by atoms with Crippen LogP contribution < -0.4 is 15.1 Å². The van der Waals surface area contributed by atoms with Crippen LogP contribution in [0.15, 0.2) is 87.2 Å². The molecule has 0 aliphatic carbocycles.